The molecule has 1 fully saturated rings. The minimum absolute atomic E-state index is 0.140. The summed E-state index contributed by atoms with van der Waals surface area (Å²) < 4.78 is 0. The van der Waals surface area contributed by atoms with Gasteiger partial charge in [-0.1, -0.05) is 57.9 Å². The van der Waals surface area contributed by atoms with Gasteiger partial charge in [-0.2, -0.15) is 0 Å². The first-order valence-corrected chi connectivity index (χ1v) is 10.3. The minimum atomic E-state index is -1.41. The van der Waals surface area contributed by atoms with Crippen LogP contribution in [0.25, 0.3) is 0 Å². The van der Waals surface area contributed by atoms with Crippen LogP contribution in [0.3, 0.4) is 0 Å². The fraction of sp³-hybridized carbons (Fsp3) is 0.773. The lowest BCUT2D eigenvalue weighted by Crippen LogP contribution is -2.34. The van der Waals surface area contributed by atoms with Crippen molar-refractivity contribution in [3.8, 4) is 12.3 Å². The van der Waals surface area contributed by atoms with Gasteiger partial charge in [-0.25, -0.2) is 0 Å². The summed E-state index contributed by atoms with van der Waals surface area (Å²) in [5.41, 5.74) is -1.41. The number of hydrogen-bond acceptors (Lipinski definition) is 4. The number of carboxylic acid groups (broad SMARTS) is 1. The van der Waals surface area contributed by atoms with Crippen LogP contribution < -0.4 is 0 Å². The van der Waals surface area contributed by atoms with E-state index in [9.17, 15) is 25.2 Å². The smallest absolute Gasteiger partial charge is 0.306 e. The number of aliphatic carboxylic acids is 1. The Morgan fingerprint density at radius 2 is 1.81 bits per heavy atom. The highest BCUT2D eigenvalue weighted by molar-refractivity contribution is 5.70. The molecule has 0 amide bonds. The molecule has 0 aromatic heterocycles. The number of rotatable bonds is 12. The Morgan fingerprint density at radius 3 is 2.37 bits per heavy atom. The van der Waals surface area contributed by atoms with Gasteiger partial charge in [-0.3, -0.25) is 4.79 Å². The summed E-state index contributed by atoms with van der Waals surface area (Å²) in [7, 11) is 0. The van der Waals surface area contributed by atoms with Crippen molar-refractivity contribution in [1.29, 1.82) is 0 Å². The molecule has 0 bridgehead atoms. The maximum Gasteiger partial charge on any atom is 0.306 e. The van der Waals surface area contributed by atoms with Gasteiger partial charge in [0.2, 0.25) is 0 Å². The molecule has 27 heavy (non-hydrogen) atoms. The van der Waals surface area contributed by atoms with Gasteiger partial charge in [0.15, 0.2) is 0 Å². The zero-order chi connectivity index (χ0) is 20.4. The summed E-state index contributed by atoms with van der Waals surface area (Å²) in [6.45, 7) is 4.12. The zero-order valence-corrected chi connectivity index (χ0v) is 16.7. The molecule has 1 aliphatic rings. The Kier molecular flexibility index (Phi) is 10.1. The standard InChI is InChI=1S/C22H36O5/c1-4-7-9-11-17(21(25)26)20-16(18(23)15-19(20)24)12-14-22(27,6-3)13-10-8-5-2/h3,12,14,16-20,23-24,27H,4-5,7-11,13,15H2,1-2H3,(H,25,26)/t16-,17?,18+,19-,20+,22-/m0/s1. The van der Waals surface area contributed by atoms with E-state index < -0.39 is 41.5 Å². The first-order chi connectivity index (χ1) is 12.8. The lowest BCUT2D eigenvalue weighted by atomic mass is 9.78. The van der Waals surface area contributed by atoms with Crippen LogP contribution in [0, 0.1) is 30.1 Å². The Morgan fingerprint density at radius 1 is 1.19 bits per heavy atom. The number of terminal acetylenes is 1. The van der Waals surface area contributed by atoms with Crippen LogP contribution in [0.15, 0.2) is 12.2 Å². The Labute approximate surface area is 163 Å². The van der Waals surface area contributed by atoms with Gasteiger partial charge in [-0.15, -0.1) is 6.42 Å². The van der Waals surface area contributed by atoms with Gasteiger partial charge in [-0.05, 0) is 25.3 Å². The molecule has 5 heteroatoms. The van der Waals surface area contributed by atoms with Gasteiger partial charge in [0.05, 0.1) is 18.1 Å². The lowest BCUT2D eigenvalue weighted by molar-refractivity contribution is -0.146. The van der Waals surface area contributed by atoms with Crippen LogP contribution >= 0.6 is 0 Å². The maximum atomic E-state index is 11.8. The van der Waals surface area contributed by atoms with Crippen LogP contribution in [0.2, 0.25) is 0 Å². The second-order valence-corrected chi connectivity index (χ2v) is 7.85. The molecule has 0 radical (unpaired) electrons. The van der Waals surface area contributed by atoms with Gasteiger partial charge < -0.3 is 20.4 Å². The quantitative estimate of drug-likeness (QED) is 0.237. The second kappa shape index (κ2) is 11.5. The molecule has 0 heterocycles. The van der Waals surface area contributed by atoms with Crippen LogP contribution in [0.4, 0.5) is 0 Å². The van der Waals surface area contributed by atoms with E-state index in [0.717, 1.165) is 38.5 Å². The highest BCUT2D eigenvalue weighted by atomic mass is 16.4. The van der Waals surface area contributed by atoms with E-state index in [-0.39, 0.29) is 6.42 Å². The molecule has 0 aromatic carbocycles. The summed E-state index contributed by atoms with van der Waals surface area (Å²) in [5, 5.41) is 41.0. The van der Waals surface area contributed by atoms with Crippen LogP contribution in [-0.2, 0) is 4.79 Å². The Balaban J connectivity index is 2.96. The zero-order valence-electron chi connectivity index (χ0n) is 16.7. The molecule has 6 atom stereocenters. The molecule has 1 aliphatic carbocycles. The van der Waals surface area contributed by atoms with Gasteiger partial charge in [0, 0.05) is 18.3 Å². The second-order valence-electron chi connectivity index (χ2n) is 7.85. The van der Waals surface area contributed by atoms with E-state index >= 15 is 0 Å². The number of hydrogen-bond donors (Lipinski definition) is 4. The van der Waals surface area contributed by atoms with Gasteiger partial charge in [0.25, 0.3) is 0 Å². The molecule has 0 aromatic rings. The molecular formula is C22H36O5. The molecule has 154 valence electrons. The van der Waals surface area contributed by atoms with Gasteiger partial charge in [0.1, 0.15) is 5.60 Å². The highest BCUT2D eigenvalue weighted by Crippen LogP contribution is 2.41. The van der Waals surface area contributed by atoms with E-state index in [1.807, 2.05) is 0 Å². The maximum absolute atomic E-state index is 11.8. The third-order valence-electron chi connectivity index (χ3n) is 5.72. The van der Waals surface area contributed by atoms with Crippen molar-refractivity contribution < 1.29 is 25.2 Å². The van der Waals surface area contributed by atoms with Crippen molar-refractivity contribution in [3.05, 3.63) is 12.2 Å². The van der Waals surface area contributed by atoms with Crippen molar-refractivity contribution in [2.45, 2.75) is 89.4 Å². The number of unbranched alkanes of at least 4 members (excludes halogenated alkanes) is 4. The average Bonchev–Trinajstić information content (AvgIpc) is 2.90. The number of carbonyl (C=O) groups is 1. The topological polar surface area (TPSA) is 98.0 Å². The van der Waals surface area contributed by atoms with Crippen molar-refractivity contribution in [2.24, 2.45) is 17.8 Å². The summed E-state index contributed by atoms with van der Waals surface area (Å²) in [4.78, 5) is 11.8. The Bertz CT molecular complexity index is 523. The summed E-state index contributed by atoms with van der Waals surface area (Å²) in [6.07, 6.45) is 13.4. The third kappa shape index (κ3) is 6.95. The lowest BCUT2D eigenvalue weighted by Gasteiger charge is -2.28. The number of carboxylic acids is 1. The first kappa shape index (κ1) is 23.7. The molecule has 5 nitrogen and oxygen atoms in total. The summed E-state index contributed by atoms with van der Waals surface area (Å²) in [5.74, 6) is -0.381. The Hall–Kier alpha value is -1.35. The van der Waals surface area contributed by atoms with Gasteiger partial charge >= 0.3 is 5.97 Å². The van der Waals surface area contributed by atoms with E-state index in [1.54, 1.807) is 6.08 Å². The fourth-order valence-electron chi connectivity index (χ4n) is 4.08. The van der Waals surface area contributed by atoms with Crippen molar-refractivity contribution in [2.75, 3.05) is 0 Å². The first-order valence-electron chi connectivity index (χ1n) is 10.3. The fourth-order valence-corrected chi connectivity index (χ4v) is 4.08. The van der Waals surface area contributed by atoms with Crippen LogP contribution in [0.5, 0.6) is 0 Å². The minimum Gasteiger partial charge on any atom is -0.481 e. The molecule has 1 unspecified atom stereocenters. The average molecular weight is 381 g/mol. The van der Waals surface area contributed by atoms with E-state index in [1.165, 1.54) is 6.08 Å². The number of aliphatic hydroxyl groups excluding tert-OH is 2. The third-order valence-corrected chi connectivity index (χ3v) is 5.72. The predicted molar refractivity (Wildman–Crippen MR) is 106 cm³/mol. The summed E-state index contributed by atoms with van der Waals surface area (Å²) >= 11 is 0. The van der Waals surface area contributed by atoms with Crippen molar-refractivity contribution >= 4 is 5.97 Å². The molecule has 0 saturated heterocycles. The normalized spacial score (nSPS) is 28.7. The molecule has 1 rings (SSSR count). The van der Waals surface area contributed by atoms with Crippen LogP contribution in [-0.4, -0.2) is 44.2 Å². The molecule has 4 N–H and O–H groups in total. The predicted octanol–water partition coefficient (Wildman–Crippen LogP) is 3.13. The largest absolute Gasteiger partial charge is 0.481 e. The van der Waals surface area contributed by atoms with E-state index in [2.05, 4.69) is 19.8 Å². The van der Waals surface area contributed by atoms with Crippen molar-refractivity contribution in [3.63, 3.8) is 0 Å². The SMILES string of the molecule is C#C[C@@](O)(C=C[C@@H]1[C@H](C(CCCCC)C(=O)O)[C@@H](O)C[C@H]1O)CCCCC. The van der Waals surface area contributed by atoms with E-state index in [4.69, 9.17) is 6.42 Å². The molecule has 1 saturated carbocycles. The van der Waals surface area contributed by atoms with E-state index in [0.29, 0.717) is 12.8 Å². The monoisotopic (exact) mass is 380 g/mol. The highest BCUT2D eigenvalue weighted by Gasteiger charge is 2.46. The molecule has 0 aliphatic heterocycles. The number of aliphatic hydroxyl groups is 3. The molecule has 0 spiro atoms. The van der Waals surface area contributed by atoms with Crippen molar-refractivity contribution in [1.82, 2.24) is 0 Å². The molecular weight excluding hydrogens is 344 g/mol. The van der Waals surface area contributed by atoms with Crippen LogP contribution in [0.1, 0.15) is 71.6 Å². The summed E-state index contributed by atoms with van der Waals surface area (Å²) in [6, 6.07) is 0.